The average Bonchev–Trinajstić information content (AvgIpc) is 3.10. The van der Waals surface area contributed by atoms with Gasteiger partial charge >= 0.3 is 6.09 Å². The van der Waals surface area contributed by atoms with Crippen LogP contribution in [0.25, 0.3) is 0 Å². The molecule has 0 saturated carbocycles. The summed E-state index contributed by atoms with van der Waals surface area (Å²) in [5, 5.41) is 0. The lowest BCUT2D eigenvalue weighted by Gasteiger charge is -2.36. The molecule has 2 heterocycles. The highest BCUT2D eigenvalue weighted by atomic mass is 16.7. The Morgan fingerprint density at radius 3 is 2.41 bits per heavy atom. The van der Waals surface area contributed by atoms with E-state index in [0.717, 1.165) is 5.56 Å². The van der Waals surface area contributed by atoms with Crippen LogP contribution in [0.4, 0.5) is 4.79 Å². The van der Waals surface area contributed by atoms with Gasteiger partial charge < -0.3 is 14.2 Å². The quantitative estimate of drug-likeness (QED) is 0.585. The molecule has 3 rings (SSSR count). The Morgan fingerprint density at radius 1 is 1.16 bits per heavy atom. The van der Waals surface area contributed by atoms with Crippen molar-refractivity contribution in [2.24, 2.45) is 0 Å². The lowest BCUT2D eigenvalue weighted by atomic mass is 10.0. The molecule has 1 aliphatic rings. The number of ether oxygens (including phenoxy) is 3. The Bertz CT molecular complexity index is 909. The molecule has 1 fully saturated rings. The summed E-state index contributed by atoms with van der Waals surface area (Å²) in [5.74, 6) is -0.978. The van der Waals surface area contributed by atoms with E-state index in [4.69, 9.17) is 14.2 Å². The van der Waals surface area contributed by atoms with Crippen LogP contribution in [0.3, 0.4) is 0 Å². The highest BCUT2D eigenvalue weighted by Gasteiger charge is 2.43. The van der Waals surface area contributed by atoms with E-state index in [1.165, 1.54) is 0 Å². The molecule has 2 atom stereocenters. The van der Waals surface area contributed by atoms with Crippen LogP contribution < -0.4 is 0 Å². The molecule has 1 saturated heterocycles. The summed E-state index contributed by atoms with van der Waals surface area (Å²) < 4.78 is 17.6. The molecule has 32 heavy (non-hydrogen) atoms. The zero-order valence-electron chi connectivity index (χ0n) is 19.4. The minimum atomic E-state index is -0.802. The molecule has 0 N–H and O–H groups in total. The number of carbonyl (C=O) groups excluding carboxylic acids is 2. The molecule has 1 aliphatic heterocycles. The van der Waals surface area contributed by atoms with Gasteiger partial charge in [0.2, 0.25) is 0 Å². The van der Waals surface area contributed by atoms with Crippen LogP contribution in [0.15, 0.2) is 54.7 Å². The van der Waals surface area contributed by atoms with Crippen LogP contribution in [0.1, 0.15) is 57.1 Å². The first-order valence-electron chi connectivity index (χ1n) is 10.8. The molecule has 1 amide bonds. The molecule has 1 aromatic carbocycles. The largest absolute Gasteiger partial charge is 0.444 e. The number of pyridine rings is 1. The average molecular weight is 441 g/mol. The molecular weight excluding hydrogens is 408 g/mol. The van der Waals surface area contributed by atoms with Gasteiger partial charge in [0.25, 0.3) is 0 Å². The van der Waals surface area contributed by atoms with E-state index in [9.17, 15) is 9.59 Å². The van der Waals surface area contributed by atoms with Gasteiger partial charge in [-0.05, 0) is 52.3 Å². The predicted molar refractivity (Wildman–Crippen MR) is 120 cm³/mol. The van der Waals surface area contributed by atoms with Crippen LogP contribution in [0.5, 0.6) is 0 Å². The van der Waals surface area contributed by atoms with Crippen LogP contribution in [0, 0.1) is 0 Å². The van der Waals surface area contributed by atoms with E-state index in [2.05, 4.69) is 4.98 Å². The Kier molecular flexibility index (Phi) is 7.31. The Morgan fingerprint density at radius 2 is 1.84 bits per heavy atom. The van der Waals surface area contributed by atoms with Crippen molar-refractivity contribution in [3.8, 4) is 0 Å². The van der Waals surface area contributed by atoms with Gasteiger partial charge in [-0.25, -0.2) is 4.79 Å². The van der Waals surface area contributed by atoms with Crippen molar-refractivity contribution in [2.75, 3.05) is 6.61 Å². The number of nitrogens with zero attached hydrogens (tertiary/aromatic N) is 2. The second-order valence-electron chi connectivity index (χ2n) is 9.37. The molecule has 0 radical (unpaired) electrons. The topological polar surface area (TPSA) is 78.0 Å². The van der Waals surface area contributed by atoms with Crippen molar-refractivity contribution >= 4 is 11.9 Å². The minimum absolute atomic E-state index is 0.0349. The first-order chi connectivity index (χ1) is 15.0. The van der Waals surface area contributed by atoms with Crippen molar-refractivity contribution in [3.05, 3.63) is 66.0 Å². The van der Waals surface area contributed by atoms with E-state index in [1.807, 2.05) is 65.0 Å². The van der Waals surface area contributed by atoms with Crippen molar-refractivity contribution in [3.63, 3.8) is 0 Å². The Balaban J connectivity index is 1.95. The number of benzene rings is 1. The summed E-state index contributed by atoms with van der Waals surface area (Å²) in [6, 6.07) is 14.2. The predicted octanol–water partition coefficient (Wildman–Crippen LogP) is 4.61. The molecular formula is C25H32N2O5. The number of amides is 1. The number of ketones is 1. The number of aromatic nitrogens is 1. The number of hydrogen-bond acceptors (Lipinski definition) is 6. The Labute approximate surface area is 189 Å². The third-order valence-corrected chi connectivity index (χ3v) is 5.03. The number of hydrogen-bond donors (Lipinski definition) is 0. The van der Waals surface area contributed by atoms with Gasteiger partial charge in [-0.3, -0.25) is 14.7 Å². The molecule has 1 aromatic heterocycles. The summed E-state index contributed by atoms with van der Waals surface area (Å²) in [5.41, 5.74) is 0.583. The summed E-state index contributed by atoms with van der Waals surface area (Å²) in [6.45, 7) is 9.63. The third-order valence-electron chi connectivity index (χ3n) is 5.03. The SMILES string of the molecule is CC(C)(C)OC(=O)N(Cc1ccccc1)[C@H](CC(=O)c1ccccn1)[C@H]1COC(C)(C)O1. The van der Waals surface area contributed by atoms with Crippen molar-refractivity contribution in [1.82, 2.24) is 9.88 Å². The van der Waals surface area contributed by atoms with Crippen LogP contribution >= 0.6 is 0 Å². The highest BCUT2D eigenvalue weighted by Crippen LogP contribution is 2.30. The van der Waals surface area contributed by atoms with Crippen LogP contribution in [-0.2, 0) is 20.8 Å². The molecule has 172 valence electrons. The molecule has 0 unspecified atom stereocenters. The van der Waals surface area contributed by atoms with Crippen molar-refractivity contribution in [1.29, 1.82) is 0 Å². The van der Waals surface area contributed by atoms with E-state index in [-0.39, 0.29) is 25.4 Å². The molecule has 7 nitrogen and oxygen atoms in total. The highest BCUT2D eigenvalue weighted by molar-refractivity contribution is 5.94. The maximum atomic E-state index is 13.3. The summed E-state index contributed by atoms with van der Waals surface area (Å²) in [4.78, 5) is 32.2. The van der Waals surface area contributed by atoms with Gasteiger partial charge in [-0.15, -0.1) is 0 Å². The number of Topliss-reactive ketones (excluding diaryl/α,β-unsaturated/α-hetero) is 1. The number of rotatable bonds is 7. The fourth-order valence-corrected chi connectivity index (χ4v) is 3.59. The number of carbonyl (C=O) groups is 2. The van der Waals surface area contributed by atoms with Gasteiger partial charge in [0.15, 0.2) is 11.6 Å². The minimum Gasteiger partial charge on any atom is -0.444 e. The summed E-state index contributed by atoms with van der Waals surface area (Å²) >= 11 is 0. The monoisotopic (exact) mass is 440 g/mol. The van der Waals surface area contributed by atoms with Gasteiger partial charge in [-0.2, -0.15) is 0 Å². The first kappa shape index (κ1) is 23.9. The lowest BCUT2D eigenvalue weighted by Crippen LogP contribution is -2.50. The second kappa shape index (κ2) is 9.79. The zero-order chi connectivity index (χ0) is 23.4. The fourth-order valence-electron chi connectivity index (χ4n) is 3.59. The smallest absolute Gasteiger partial charge is 0.410 e. The molecule has 0 bridgehead atoms. The molecule has 0 aliphatic carbocycles. The standard InChI is InChI=1S/C25H32N2O5/c1-24(2,3)32-23(29)27(16-18-11-7-6-8-12-18)20(22-17-30-25(4,5)31-22)15-21(28)19-13-9-10-14-26-19/h6-14,20,22H,15-17H2,1-5H3/t20-,22-/m1/s1. The summed E-state index contributed by atoms with van der Waals surface area (Å²) in [6.07, 6.45) is 0.617. The van der Waals surface area contributed by atoms with E-state index >= 15 is 0 Å². The van der Waals surface area contributed by atoms with Gasteiger partial charge in [0.1, 0.15) is 17.4 Å². The second-order valence-corrected chi connectivity index (χ2v) is 9.37. The van der Waals surface area contributed by atoms with Crippen LogP contribution in [-0.4, -0.2) is 51.9 Å². The van der Waals surface area contributed by atoms with Crippen molar-refractivity contribution in [2.45, 2.75) is 71.1 Å². The first-order valence-corrected chi connectivity index (χ1v) is 10.8. The van der Waals surface area contributed by atoms with Crippen molar-refractivity contribution < 1.29 is 23.8 Å². The molecule has 0 spiro atoms. The molecule has 7 heteroatoms. The fraction of sp³-hybridized carbons (Fsp3) is 0.480. The van der Waals surface area contributed by atoms with Gasteiger partial charge in [0.05, 0.1) is 12.6 Å². The maximum Gasteiger partial charge on any atom is 0.410 e. The Hall–Kier alpha value is -2.77. The lowest BCUT2D eigenvalue weighted by molar-refractivity contribution is -0.146. The normalized spacial score (nSPS) is 18.7. The zero-order valence-corrected chi connectivity index (χ0v) is 19.4. The van der Waals surface area contributed by atoms with Crippen LogP contribution in [0.2, 0.25) is 0 Å². The third kappa shape index (κ3) is 6.61. The molecule has 2 aromatic rings. The van der Waals surface area contributed by atoms with E-state index < -0.39 is 29.6 Å². The van der Waals surface area contributed by atoms with E-state index in [0.29, 0.717) is 5.69 Å². The maximum absolute atomic E-state index is 13.3. The van der Waals surface area contributed by atoms with Gasteiger partial charge in [-0.1, -0.05) is 36.4 Å². The summed E-state index contributed by atoms with van der Waals surface area (Å²) in [7, 11) is 0. The van der Waals surface area contributed by atoms with E-state index in [1.54, 1.807) is 29.3 Å². The van der Waals surface area contributed by atoms with Gasteiger partial charge in [0, 0.05) is 19.2 Å².